The number of hydrogen-bond donors (Lipinski definition) is 2. The van der Waals surface area contributed by atoms with Crippen molar-refractivity contribution >= 4 is 0 Å². The Balaban J connectivity index is 3.77. The smallest absolute Gasteiger partial charge is 0.000322 e. The van der Waals surface area contributed by atoms with Crippen LogP contribution in [0.15, 0.2) is 0 Å². The van der Waals surface area contributed by atoms with Crippen molar-refractivity contribution in [3.8, 4) is 0 Å². The highest BCUT2D eigenvalue weighted by atomic mass is 14.9. The first-order valence-electron chi connectivity index (χ1n) is 6.24. The topological polar surface area (TPSA) is 38.0 Å². The van der Waals surface area contributed by atoms with Crippen LogP contribution in [0.25, 0.3) is 0 Å². The first-order valence-corrected chi connectivity index (χ1v) is 6.24. The minimum absolute atomic E-state index is 0.330. The molecule has 0 heterocycles. The van der Waals surface area contributed by atoms with E-state index in [1.807, 2.05) is 0 Å². The Labute approximate surface area is 96.0 Å². The van der Waals surface area contributed by atoms with Gasteiger partial charge in [-0.25, -0.2) is 0 Å². The summed E-state index contributed by atoms with van der Waals surface area (Å²) in [4.78, 5) is 0. The third kappa shape index (κ3) is 7.80. The maximum Gasteiger partial charge on any atom is 0.000322 e. The molecule has 0 amide bonds. The fraction of sp³-hybridized carbons (Fsp3) is 1.00. The van der Waals surface area contributed by atoms with E-state index in [0.717, 1.165) is 26.1 Å². The second-order valence-corrected chi connectivity index (χ2v) is 6.22. The molecule has 2 heteroatoms. The van der Waals surface area contributed by atoms with E-state index < -0.39 is 0 Å². The van der Waals surface area contributed by atoms with E-state index in [0.29, 0.717) is 10.8 Å². The first kappa shape index (κ1) is 14.9. The molecule has 0 unspecified atom stereocenters. The normalized spacial score (nSPS) is 13.2. The lowest BCUT2D eigenvalue weighted by atomic mass is 9.86. The fourth-order valence-electron chi connectivity index (χ4n) is 1.98. The Hall–Kier alpha value is -0.0800. The standard InChI is InChI=1S/C13H30N2/c1-6-7-12(2,3)10-15-11-13(4,5)8-9-14/h15H,6-11,14H2,1-5H3. The van der Waals surface area contributed by atoms with Crippen LogP contribution in [-0.2, 0) is 0 Å². The number of nitrogens with one attached hydrogen (secondary N) is 1. The SMILES string of the molecule is CCCC(C)(C)CNCC(C)(C)CCN. The second kappa shape index (κ2) is 6.49. The zero-order valence-corrected chi connectivity index (χ0v) is 11.3. The fourth-order valence-corrected chi connectivity index (χ4v) is 1.98. The quantitative estimate of drug-likeness (QED) is 0.652. The van der Waals surface area contributed by atoms with Gasteiger partial charge < -0.3 is 11.1 Å². The molecule has 0 saturated heterocycles. The third-order valence-corrected chi connectivity index (χ3v) is 2.95. The molecule has 15 heavy (non-hydrogen) atoms. The molecule has 3 N–H and O–H groups in total. The predicted octanol–water partition coefficient (Wildman–Crippen LogP) is 2.78. The van der Waals surface area contributed by atoms with Crippen molar-refractivity contribution in [1.29, 1.82) is 0 Å². The van der Waals surface area contributed by atoms with Gasteiger partial charge in [0.1, 0.15) is 0 Å². The van der Waals surface area contributed by atoms with Crippen LogP contribution in [-0.4, -0.2) is 19.6 Å². The minimum atomic E-state index is 0.330. The lowest BCUT2D eigenvalue weighted by molar-refractivity contribution is 0.264. The van der Waals surface area contributed by atoms with Crippen LogP contribution in [0.3, 0.4) is 0 Å². The van der Waals surface area contributed by atoms with Gasteiger partial charge >= 0.3 is 0 Å². The predicted molar refractivity (Wildman–Crippen MR) is 69.0 cm³/mol. The molecular weight excluding hydrogens is 184 g/mol. The van der Waals surface area contributed by atoms with Crippen molar-refractivity contribution < 1.29 is 0 Å². The summed E-state index contributed by atoms with van der Waals surface area (Å²) in [5.41, 5.74) is 6.35. The summed E-state index contributed by atoms with van der Waals surface area (Å²) in [6, 6.07) is 0. The van der Waals surface area contributed by atoms with Gasteiger partial charge in [-0.1, -0.05) is 41.0 Å². The molecule has 0 spiro atoms. The molecule has 0 radical (unpaired) electrons. The highest BCUT2D eigenvalue weighted by Crippen LogP contribution is 2.22. The molecule has 0 aromatic carbocycles. The maximum atomic E-state index is 5.59. The highest BCUT2D eigenvalue weighted by Gasteiger charge is 2.20. The second-order valence-electron chi connectivity index (χ2n) is 6.22. The molecule has 0 atom stereocenters. The summed E-state index contributed by atoms with van der Waals surface area (Å²) in [7, 11) is 0. The van der Waals surface area contributed by atoms with Crippen molar-refractivity contribution in [3.63, 3.8) is 0 Å². The summed E-state index contributed by atoms with van der Waals surface area (Å²) in [6.45, 7) is 14.4. The molecule has 0 aliphatic rings. The Morgan fingerprint density at radius 2 is 1.40 bits per heavy atom. The molecule has 0 saturated carbocycles. The largest absolute Gasteiger partial charge is 0.330 e. The monoisotopic (exact) mass is 214 g/mol. The minimum Gasteiger partial charge on any atom is -0.330 e. The van der Waals surface area contributed by atoms with Crippen LogP contribution in [0.1, 0.15) is 53.9 Å². The van der Waals surface area contributed by atoms with Gasteiger partial charge in [-0.15, -0.1) is 0 Å². The summed E-state index contributed by atoms with van der Waals surface area (Å²) in [5.74, 6) is 0. The van der Waals surface area contributed by atoms with E-state index >= 15 is 0 Å². The van der Waals surface area contributed by atoms with Crippen LogP contribution >= 0.6 is 0 Å². The Morgan fingerprint density at radius 1 is 0.933 bits per heavy atom. The van der Waals surface area contributed by atoms with Crippen LogP contribution in [0.4, 0.5) is 0 Å². The molecule has 0 aliphatic carbocycles. The Bertz CT molecular complexity index is 144. The highest BCUT2D eigenvalue weighted by molar-refractivity contribution is 4.76. The molecule has 0 aromatic rings. The molecule has 0 rings (SSSR count). The van der Waals surface area contributed by atoms with Crippen LogP contribution in [0, 0.1) is 10.8 Å². The maximum absolute atomic E-state index is 5.59. The molecule has 0 bridgehead atoms. The average Bonchev–Trinajstić information content (AvgIpc) is 2.02. The van der Waals surface area contributed by atoms with E-state index in [1.165, 1.54) is 12.8 Å². The number of hydrogen-bond acceptors (Lipinski definition) is 2. The van der Waals surface area contributed by atoms with Crippen LogP contribution < -0.4 is 11.1 Å². The van der Waals surface area contributed by atoms with Crippen molar-refractivity contribution in [2.45, 2.75) is 53.9 Å². The van der Waals surface area contributed by atoms with Gasteiger partial charge in [0.25, 0.3) is 0 Å². The van der Waals surface area contributed by atoms with E-state index in [1.54, 1.807) is 0 Å². The lowest BCUT2D eigenvalue weighted by Gasteiger charge is -2.29. The van der Waals surface area contributed by atoms with Gasteiger partial charge in [-0.05, 0) is 30.2 Å². The van der Waals surface area contributed by atoms with Gasteiger partial charge in [0.2, 0.25) is 0 Å². The van der Waals surface area contributed by atoms with Gasteiger partial charge in [0.15, 0.2) is 0 Å². The van der Waals surface area contributed by atoms with Gasteiger partial charge in [-0.2, -0.15) is 0 Å². The van der Waals surface area contributed by atoms with Crippen molar-refractivity contribution in [1.82, 2.24) is 5.32 Å². The third-order valence-electron chi connectivity index (χ3n) is 2.95. The molecule has 2 nitrogen and oxygen atoms in total. The summed E-state index contributed by atoms with van der Waals surface area (Å²) < 4.78 is 0. The van der Waals surface area contributed by atoms with Crippen molar-refractivity contribution in [2.24, 2.45) is 16.6 Å². The number of nitrogens with two attached hydrogens (primary N) is 1. The summed E-state index contributed by atoms with van der Waals surface area (Å²) in [5, 5.41) is 3.58. The van der Waals surface area contributed by atoms with Gasteiger partial charge in [0.05, 0.1) is 0 Å². The Kier molecular flexibility index (Phi) is 6.46. The zero-order chi connectivity index (χ0) is 11.9. The lowest BCUT2D eigenvalue weighted by Crippen LogP contribution is -2.37. The zero-order valence-electron chi connectivity index (χ0n) is 11.3. The van der Waals surface area contributed by atoms with E-state index in [2.05, 4.69) is 39.9 Å². The number of rotatable bonds is 8. The van der Waals surface area contributed by atoms with E-state index in [9.17, 15) is 0 Å². The Morgan fingerprint density at radius 3 is 1.80 bits per heavy atom. The molecule has 0 fully saturated rings. The first-order chi connectivity index (χ1) is 6.83. The average molecular weight is 214 g/mol. The van der Waals surface area contributed by atoms with Crippen molar-refractivity contribution in [2.75, 3.05) is 19.6 Å². The molecule has 0 aliphatic heterocycles. The van der Waals surface area contributed by atoms with E-state index in [-0.39, 0.29) is 0 Å². The summed E-state index contributed by atoms with van der Waals surface area (Å²) >= 11 is 0. The van der Waals surface area contributed by atoms with Crippen molar-refractivity contribution in [3.05, 3.63) is 0 Å². The van der Waals surface area contributed by atoms with Gasteiger partial charge in [-0.3, -0.25) is 0 Å². The molecule has 92 valence electrons. The van der Waals surface area contributed by atoms with Gasteiger partial charge in [0, 0.05) is 13.1 Å². The summed E-state index contributed by atoms with van der Waals surface area (Å²) in [6.07, 6.45) is 3.65. The van der Waals surface area contributed by atoms with E-state index in [4.69, 9.17) is 5.73 Å². The molecule has 0 aromatic heterocycles. The van der Waals surface area contributed by atoms with Crippen LogP contribution in [0.2, 0.25) is 0 Å². The molecular formula is C13H30N2. The van der Waals surface area contributed by atoms with Crippen LogP contribution in [0.5, 0.6) is 0 Å².